The molecule has 0 aliphatic heterocycles. The summed E-state index contributed by atoms with van der Waals surface area (Å²) in [6, 6.07) is 8.89. The molecule has 0 atom stereocenters. The Hall–Kier alpha value is -2.45. The van der Waals surface area contributed by atoms with Crippen LogP contribution in [0.2, 0.25) is 5.02 Å². The Morgan fingerprint density at radius 1 is 1.12 bits per heavy atom. The van der Waals surface area contributed by atoms with Gasteiger partial charge in [-0.05, 0) is 49.4 Å². The van der Waals surface area contributed by atoms with E-state index in [9.17, 15) is 0 Å². The number of nitrogens with zero attached hydrogens (tertiary/aromatic N) is 5. The van der Waals surface area contributed by atoms with E-state index in [1.54, 1.807) is 42.7 Å². The molecule has 2 aromatic rings. The average molecular weight is 371 g/mol. The van der Waals surface area contributed by atoms with E-state index in [1.165, 1.54) is 0 Å². The molecule has 0 fully saturated rings. The first kappa shape index (κ1) is 21.6. The highest BCUT2D eigenvalue weighted by molar-refractivity contribution is 6.30. The van der Waals surface area contributed by atoms with Gasteiger partial charge in [0.15, 0.2) is 0 Å². The Bertz CT molecular complexity index is 602. The average Bonchev–Trinajstić information content (AvgIpc) is 2.51. The van der Waals surface area contributed by atoms with Crippen LogP contribution in [0.15, 0.2) is 52.7 Å². The number of hydrogen-bond donors (Lipinski definition) is 3. The zero-order valence-corrected chi connectivity index (χ0v) is 14.9. The molecule has 0 saturated carbocycles. The number of rotatable bonds is 2. The van der Waals surface area contributed by atoms with Gasteiger partial charge in [-0.1, -0.05) is 11.6 Å². The molecule has 0 spiro atoms. The van der Waals surface area contributed by atoms with Crippen LogP contribution in [-0.4, -0.2) is 33.4 Å². The van der Waals surface area contributed by atoms with Crippen LogP contribution in [0, 0.1) is 0 Å². The minimum absolute atomic E-state index is 0. The van der Waals surface area contributed by atoms with Gasteiger partial charge in [0.05, 0.1) is 12.4 Å². The van der Waals surface area contributed by atoms with E-state index in [2.05, 4.69) is 30.7 Å². The molecule has 1 aromatic carbocycles. The molecule has 1 heterocycles. The maximum Gasteiger partial charge on any atom is 0.218 e. The summed E-state index contributed by atoms with van der Waals surface area (Å²) in [5.41, 5.74) is 12.0. The third-order valence-electron chi connectivity index (χ3n) is 2.15. The summed E-state index contributed by atoms with van der Waals surface area (Å²) in [6.45, 7) is 3.82. The van der Waals surface area contributed by atoms with Crippen LogP contribution < -0.4 is 16.8 Å². The quantitative estimate of drug-likeness (QED) is 0.548. The number of guanidine groups is 2. The van der Waals surface area contributed by atoms with Crippen LogP contribution in [-0.2, 0) is 0 Å². The lowest BCUT2D eigenvalue weighted by Gasteiger charge is -2.05. The van der Waals surface area contributed by atoms with Gasteiger partial charge in [-0.3, -0.25) is 0 Å². The number of benzene rings is 1. The Morgan fingerprint density at radius 2 is 1.71 bits per heavy atom. The Kier molecular flexibility index (Phi) is 10.8. The maximum atomic E-state index is 5.76. The van der Waals surface area contributed by atoms with E-state index in [0.29, 0.717) is 5.02 Å². The number of aromatic nitrogens is 3. The largest absolute Gasteiger partial charge is 0.369 e. The second kappa shape index (κ2) is 12.0. The van der Waals surface area contributed by atoms with Crippen LogP contribution in [0.4, 0.5) is 5.69 Å². The Balaban J connectivity index is 0.000000635. The lowest BCUT2D eigenvalue weighted by atomic mass is 10.3. The molecule has 10 heteroatoms. The van der Waals surface area contributed by atoms with Crippen LogP contribution in [0.3, 0.4) is 0 Å². The smallest absolute Gasteiger partial charge is 0.218 e. The fourth-order valence-corrected chi connectivity index (χ4v) is 1.46. The zero-order valence-electron chi connectivity index (χ0n) is 13.3. The second-order valence-corrected chi connectivity index (χ2v) is 4.96. The molecule has 1 aromatic heterocycles. The normalized spacial score (nSPS) is 11.2. The fourth-order valence-electron chi connectivity index (χ4n) is 1.33. The Labute approximate surface area is 151 Å². The molecule has 0 amide bonds. The number of nitrogens with one attached hydrogen (secondary N) is 1. The lowest BCUT2D eigenvalue weighted by Crippen LogP contribution is -2.26. The lowest BCUT2D eigenvalue weighted by molar-refractivity contribution is 0.831. The van der Waals surface area contributed by atoms with Crippen molar-refractivity contribution in [2.75, 3.05) is 5.32 Å². The number of hydrogen-bond acceptors (Lipinski definition) is 4. The summed E-state index contributed by atoms with van der Waals surface area (Å²) in [6.07, 6.45) is 3.15. The van der Waals surface area contributed by atoms with Crippen molar-refractivity contribution in [2.24, 2.45) is 21.5 Å². The minimum atomic E-state index is 0. The number of nitrogens with two attached hydrogens (primary N) is 2. The molecule has 0 aliphatic rings. The van der Waals surface area contributed by atoms with Gasteiger partial charge < -0.3 is 16.8 Å². The van der Waals surface area contributed by atoms with Crippen LogP contribution in [0.5, 0.6) is 0 Å². The topological polar surface area (TPSA) is 127 Å². The van der Waals surface area contributed by atoms with Gasteiger partial charge in [0.25, 0.3) is 0 Å². The van der Waals surface area contributed by atoms with Crippen molar-refractivity contribution in [3.8, 4) is 0 Å². The molecule has 2 rings (SSSR count). The molecule has 8 nitrogen and oxygen atoms in total. The molecule has 0 saturated heterocycles. The van der Waals surface area contributed by atoms with E-state index >= 15 is 0 Å². The van der Waals surface area contributed by atoms with Gasteiger partial charge in [-0.25, -0.2) is 4.99 Å². The van der Waals surface area contributed by atoms with Crippen molar-refractivity contribution in [1.82, 2.24) is 15.4 Å². The first-order valence-electron chi connectivity index (χ1n) is 6.75. The monoisotopic (exact) mass is 370 g/mol. The highest BCUT2D eigenvalue weighted by Crippen LogP contribution is 2.12. The summed E-state index contributed by atoms with van der Waals surface area (Å²) in [4.78, 5) is 7.95. The van der Waals surface area contributed by atoms with E-state index in [-0.39, 0.29) is 30.4 Å². The summed E-state index contributed by atoms with van der Waals surface area (Å²) in [7, 11) is 0. The highest BCUT2D eigenvalue weighted by Gasteiger charge is 1.97. The van der Waals surface area contributed by atoms with Crippen molar-refractivity contribution in [2.45, 2.75) is 19.9 Å². The molecule has 0 unspecified atom stereocenters. The minimum Gasteiger partial charge on any atom is -0.369 e. The van der Waals surface area contributed by atoms with Crippen LogP contribution in [0.25, 0.3) is 0 Å². The first-order chi connectivity index (χ1) is 11.0. The number of halogens is 2. The third-order valence-corrected chi connectivity index (χ3v) is 2.40. The van der Waals surface area contributed by atoms with Gasteiger partial charge in [0.1, 0.15) is 0 Å². The van der Waals surface area contributed by atoms with Crippen molar-refractivity contribution in [3.05, 3.63) is 47.7 Å². The number of anilines is 1. The zero-order chi connectivity index (χ0) is 17.1. The highest BCUT2D eigenvalue weighted by atomic mass is 35.5. The molecule has 0 aliphatic carbocycles. The molecule has 5 N–H and O–H groups in total. The maximum absolute atomic E-state index is 5.76. The predicted molar refractivity (Wildman–Crippen MR) is 101 cm³/mol. The molecule has 0 bridgehead atoms. The summed E-state index contributed by atoms with van der Waals surface area (Å²) >= 11 is 5.76. The first-order valence-corrected chi connectivity index (χ1v) is 7.13. The second-order valence-electron chi connectivity index (χ2n) is 4.52. The van der Waals surface area contributed by atoms with Crippen molar-refractivity contribution < 1.29 is 0 Å². The van der Waals surface area contributed by atoms with Gasteiger partial charge in [0, 0.05) is 16.8 Å². The van der Waals surface area contributed by atoms with Crippen LogP contribution in [0.1, 0.15) is 13.8 Å². The summed E-state index contributed by atoms with van der Waals surface area (Å²) in [5, 5.41) is 13.7. The standard InChI is InChI=1S/C11H16ClN5.C3H3N3.ClH/c1-7(2)15-10(13)17-11(14)16-9-5-3-8(12)4-6-9;1-2-4-6-5-3-1;/h3-7H,1-2H3,(H5,13,14,15,16,17);1-3H;1H. The third kappa shape index (κ3) is 10.3. The van der Waals surface area contributed by atoms with E-state index in [1.807, 2.05) is 13.8 Å². The van der Waals surface area contributed by atoms with Crippen LogP contribution >= 0.6 is 24.0 Å². The summed E-state index contributed by atoms with van der Waals surface area (Å²) < 4.78 is 0. The van der Waals surface area contributed by atoms with Gasteiger partial charge in [-0.2, -0.15) is 4.99 Å². The number of aliphatic imine (C=N–C) groups is 2. The van der Waals surface area contributed by atoms with E-state index in [4.69, 9.17) is 23.1 Å². The van der Waals surface area contributed by atoms with E-state index < -0.39 is 0 Å². The SMILES string of the molecule is CC(C)N=C(N)/N=C(\N)Nc1ccc(Cl)cc1.Cl.c1cnnnc1. The molecule has 24 heavy (non-hydrogen) atoms. The molecular formula is C14H20Cl2N8. The van der Waals surface area contributed by atoms with Gasteiger partial charge >= 0.3 is 0 Å². The molecule has 0 radical (unpaired) electrons. The predicted octanol–water partition coefficient (Wildman–Crippen LogP) is 2.08. The van der Waals surface area contributed by atoms with E-state index in [0.717, 1.165) is 5.69 Å². The van der Waals surface area contributed by atoms with Crippen molar-refractivity contribution in [1.29, 1.82) is 0 Å². The molecular weight excluding hydrogens is 351 g/mol. The summed E-state index contributed by atoms with van der Waals surface area (Å²) in [5.74, 6) is 0.341. The molecule has 130 valence electrons. The van der Waals surface area contributed by atoms with Crippen molar-refractivity contribution in [3.63, 3.8) is 0 Å². The Morgan fingerprint density at radius 3 is 2.12 bits per heavy atom. The van der Waals surface area contributed by atoms with Crippen molar-refractivity contribution >= 4 is 41.6 Å². The fraction of sp³-hybridized carbons (Fsp3) is 0.214. The van der Waals surface area contributed by atoms with Gasteiger partial charge in [0.2, 0.25) is 11.9 Å². The van der Waals surface area contributed by atoms with Gasteiger partial charge in [-0.15, -0.1) is 22.6 Å².